The van der Waals surface area contributed by atoms with Crippen molar-refractivity contribution < 1.29 is 18.4 Å². The second-order valence-electron chi connectivity index (χ2n) is 8.53. The monoisotopic (exact) mass is 501 g/mol. The van der Waals surface area contributed by atoms with Gasteiger partial charge in [-0.3, -0.25) is 9.59 Å². The summed E-state index contributed by atoms with van der Waals surface area (Å²) in [7, 11) is 0. The van der Waals surface area contributed by atoms with Crippen LogP contribution in [-0.4, -0.2) is 58.1 Å². The van der Waals surface area contributed by atoms with Gasteiger partial charge in [0.05, 0.1) is 17.6 Å². The van der Waals surface area contributed by atoms with E-state index in [0.717, 1.165) is 11.4 Å². The third kappa shape index (κ3) is 5.56. The van der Waals surface area contributed by atoms with Crippen LogP contribution in [0.25, 0.3) is 0 Å². The topological polar surface area (TPSA) is 116 Å². The number of carbonyl (C=O) groups is 2. The molecule has 0 radical (unpaired) electrons. The van der Waals surface area contributed by atoms with E-state index in [2.05, 4.69) is 30.7 Å². The number of rotatable bonds is 6. The van der Waals surface area contributed by atoms with Gasteiger partial charge in [-0.1, -0.05) is 34.9 Å². The number of hydrogen-bond donors (Lipinski definition) is 2. The van der Waals surface area contributed by atoms with Crippen LogP contribution in [0.5, 0.6) is 0 Å². The van der Waals surface area contributed by atoms with Crippen molar-refractivity contribution in [3.63, 3.8) is 0 Å². The van der Waals surface area contributed by atoms with Crippen molar-refractivity contribution in [2.24, 2.45) is 0 Å². The van der Waals surface area contributed by atoms with Gasteiger partial charge in [-0.15, -0.1) is 5.10 Å². The molecule has 10 nitrogen and oxygen atoms in total. The predicted octanol–water partition coefficient (Wildman–Crippen LogP) is 3.87. The molecule has 2 aromatic heterocycles. The summed E-state index contributed by atoms with van der Waals surface area (Å²) in [5.41, 5.74) is 2.35. The highest BCUT2D eigenvalue weighted by Gasteiger charge is 2.23. The zero-order chi connectivity index (χ0) is 25.8. The highest BCUT2D eigenvalue weighted by molar-refractivity contribution is 6.00. The summed E-state index contributed by atoms with van der Waals surface area (Å²) in [6, 6.07) is 17.0. The molecule has 2 amide bonds. The lowest BCUT2D eigenvalue weighted by atomic mass is 10.1. The fraction of sp³-hybridized carbons (Fsp3) is 0.192. The lowest BCUT2D eigenvalue weighted by molar-refractivity contribution is 0.0746. The smallest absolute Gasteiger partial charge is 0.320 e. The molecule has 37 heavy (non-hydrogen) atoms. The summed E-state index contributed by atoms with van der Waals surface area (Å²) < 4.78 is 19.1. The number of carbonyl (C=O) groups excluding carboxylic acids is 2. The molecule has 5 rings (SSSR count). The molecule has 1 saturated heterocycles. The number of nitrogens with zero attached hydrogens (tertiary/aromatic N) is 5. The zero-order valence-electron chi connectivity index (χ0n) is 20.0. The number of hydrogen-bond acceptors (Lipinski definition) is 8. The Labute approximate surface area is 212 Å². The summed E-state index contributed by atoms with van der Waals surface area (Å²) in [5, 5.41) is 12.7. The fourth-order valence-electron chi connectivity index (χ4n) is 3.97. The van der Waals surface area contributed by atoms with Crippen LogP contribution < -0.4 is 15.5 Å². The Kier molecular flexibility index (Phi) is 6.75. The number of aromatic nitrogens is 3. The molecule has 2 aromatic carbocycles. The number of nitrogens with one attached hydrogen (secondary N) is 2. The maximum absolute atomic E-state index is 13.8. The van der Waals surface area contributed by atoms with Gasteiger partial charge >= 0.3 is 17.8 Å². The molecular weight excluding hydrogens is 477 g/mol. The minimum atomic E-state index is -0.619. The van der Waals surface area contributed by atoms with E-state index < -0.39 is 11.7 Å². The zero-order valence-corrected chi connectivity index (χ0v) is 20.0. The Balaban J connectivity index is 1.15. The first-order valence-corrected chi connectivity index (χ1v) is 11.7. The van der Waals surface area contributed by atoms with Crippen LogP contribution in [-0.2, 0) is 0 Å². The van der Waals surface area contributed by atoms with Crippen LogP contribution in [0, 0.1) is 12.7 Å². The Hall–Kier alpha value is -4.80. The highest BCUT2D eigenvalue weighted by Crippen LogP contribution is 2.20. The Morgan fingerprint density at radius 3 is 2.51 bits per heavy atom. The number of benzene rings is 2. The molecule has 0 bridgehead atoms. The molecular formula is C26H24FN7O3. The first-order valence-electron chi connectivity index (χ1n) is 11.7. The minimum absolute atomic E-state index is 0.0302. The van der Waals surface area contributed by atoms with Gasteiger partial charge in [-0.25, -0.2) is 9.37 Å². The molecule has 1 fully saturated rings. The molecule has 0 atom stereocenters. The molecule has 0 unspecified atom stereocenters. The van der Waals surface area contributed by atoms with Crippen LogP contribution in [0.4, 0.5) is 27.6 Å². The van der Waals surface area contributed by atoms with Crippen LogP contribution in [0.15, 0.2) is 71.3 Å². The Morgan fingerprint density at radius 2 is 1.78 bits per heavy atom. The third-order valence-corrected chi connectivity index (χ3v) is 5.90. The largest absolute Gasteiger partial charge is 0.399 e. The van der Waals surface area contributed by atoms with E-state index in [4.69, 9.17) is 4.42 Å². The van der Waals surface area contributed by atoms with Crippen LogP contribution >= 0.6 is 0 Å². The highest BCUT2D eigenvalue weighted by atomic mass is 19.1. The van der Waals surface area contributed by atoms with Crippen molar-refractivity contribution >= 4 is 35.0 Å². The van der Waals surface area contributed by atoms with Gasteiger partial charge in [0.25, 0.3) is 5.91 Å². The molecule has 3 heterocycles. The van der Waals surface area contributed by atoms with Gasteiger partial charge in [0.2, 0.25) is 0 Å². The first kappa shape index (κ1) is 23.9. The number of piperazine rings is 1. The molecule has 1 aliphatic rings. The number of amides is 2. The number of anilines is 4. The summed E-state index contributed by atoms with van der Waals surface area (Å²) >= 11 is 0. The van der Waals surface area contributed by atoms with Crippen molar-refractivity contribution in [2.45, 2.75) is 6.92 Å². The van der Waals surface area contributed by atoms with Gasteiger partial charge in [-0.05, 0) is 43.3 Å². The summed E-state index contributed by atoms with van der Waals surface area (Å²) in [5.74, 6) is -0.612. The van der Waals surface area contributed by atoms with E-state index in [0.29, 0.717) is 37.4 Å². The first-order chi connectivity index (χ1) is 18.0. The number of halogens is 1. The van der Waals surface area contributed by atoms with Crippen LogP contribution in [0.2, 0.25) is 0 Å². The van der Waals surface area contributed by atoms with Crippen molar-refractivity contribution in [3.05, 3.63) is 89.7 Å². The predicted molar refractivity (Wildman–Crippen MR) is 135 cm³/mol. The Morgan fingerprint density at radius 1 is 0.973 bits per heavy atom. The minimum Gasteiger partial charge on any atom is -0.399 e. The third-order valence-electron chi connectivity index (χ3n) is 5.90. The molecule has 0 saturated carbocycles. The number of para-hydroxylation sites is 1. The maximum Gasteiger partial charge on any atom is 0.320 e. The molecule has 2 N–H and O–H groups in total. The van der Waals surface area contributed by atoms with Crippen molar-refractivity contribution in [1.82, 2.24) is 20.1 Å². The molecule has 188 valence electrons. The van der Waals surface area contributed by atoms with E-state index in [9.17, 15) is 14.0 Å². The van der Waals surface area contributed by atoms with Gasteiger partial charge in [-0.2, -0.15) is 0 Å². The average Bonchev–Trinajstić information content (AvgIpc) is 3.39. The Bertz CT molecular complexity index is 1420. The van der Waals surface area contributed by atoms with E-state index >= 15 is 0 Å². The summed E-state index contributed by atoms with van der Waals surface area (Å²) in [4.78, 5) is 33.6. The van der Waals surface area contributed by atoms with E-state index in [1.165, 1.54) is 18.3 Å². The molecule has 4 aromatic rings. The van der Waals surface area contributed by atoms with E-state index in [1.807, 2.05) is 36.1 Å². The number of aryl methyl sites for hydroxylation is 1. The van der Waals surface area contributed by atoms with Gasteiger partial charge in [0, 0.05) is 31.7 Å². The van der Waals surface area contributed by atoms with Gasteiger partial charge in [0.1, 0.15) is 11.6 Å². The van der Waals surface area contributed by atoms with Crippen molar-refractivity contribution in [2.75, 3.05) is 41.7 Å². The lowest BCUT2D eigenvalue weighted by Gasteiger charge is -2.35. The molecule has 0 spiro atoms. The van der Waals surface area contributed by atoms with E-state index in [1.54, 1.807) is 24.3 Å². The van der Waals surface area contributed by atoms with Gasteiger partial charge < -0.3 is 24.9 Å². The molecule has 1 aliphatic heterocycles. The SMILES string of the molecule is Cc1cccc(C(=O)N2CCN(c3ccc(NC(=O)c4nnc(Nc5ccccc5F)o4)cn3)CC2)c1. The lowest BCUT2D eigenvalue weighted by Crippen LogP contribution is -2.49. The normalized spacial score (nSPS) is 13.4. The van der Waals surface area contributed by atoms with E-state index in [-0.39, 0.29) is 23.5 Å². The van der Waals surface area contributed by atoms with Crippen LogP contribution in [0.3, 0.4) is 0 Å². The van der Waals surface area contributed by atoms with Crippen molar-refractivity contribution in [3.8, 4) is 0 Å². The number of pyridine rings is 1. The van der Waals surface area contributed by atoms with Gasteiger partial charge in [0.15, 0.2) is 0 Å². The standard InChI is InChI=1S/C26H24FN7O3/c1-17-5-4-6-18(15-17)25(36)34-13-11-33(12-14-34)22-10-9-19(16-28-22)29-23(35)24-31-32-26(37-24)30-21-8-3-2-7-20(21)27/h2-10,15-16H,11-14H2,1H3,(H,29,35)(H,30,32). The average molecular weight is 502 g/mol. The molecule has 11 heteroatoms. The summed E-state index contributed by atoms with van der Waals surface area (Å²) in [6.07, 6.45) is 1.53. The second-order valence-corrected chi connectivity index (χ2v) is 8.53. The van der Waals surface area contributed by atoms with Crippen molar-refractivity contribution in [1.29, 1.82) is 0 Å². The molecule has 0 aliphatic carbocycles. The van der Waals surface area contributed by atoms with Crippen LogP contribution in [0.1, 0.15) is 26.6 Å². The maximum atomic E-state index is 13.8. The quantitative estimate of drug-likeness (QED) is 0.409. The summed E-state index contributed by atoms with van der Waals surface area (Å²) in [6.45, 7) is 4.45. The second kappa shape index (κ2) is 10.4. The fourth-order valence-corrected chi connectivity index (χ4v) is 3.97.